The number of nitrogens with zero attached hydrogens (tertiary/aromatic N) is 3. The van der Waals surface area contributed by atoms with Crippen LogP contribution in [0.3, 0.4) is 0 Å². The maximum Gasteiger partial charge on any atom is 0.271 e. The van der Waals surface area contributed by atoms with Crippen LogP contribution in [0.4, 0.5) is 11.4 Å². The molecular weight excluding hydrogens is 428 g/mol. The highest BCUT2D eigenvalue weighted by Crippen LogP contribution is 2.27. The minimum atomic E-state index is -0.561. The molecule has 3 aromatic rings. The molecule has 0 saturated carbocycles. The fraction of sp³-hybridized carbons (Fsp3) is 0.250. The number of non-ortho nitro benzene ring substituents is 1. The highest BCUT2D eigenvalue weighted by atomic mass is 35.5. The topological polar surface area (TPSA) is 107 Å². The van der Waals surface area contributed by atoms with Crippen LogP contribution in [0.5, 0.6) is 0 Å². The van der Waals surface area contributed by atoms with Gasteiger partial charge in [-0.3, -0.25) is 24.3 Å². The number of carbonyl (C=O) groups excluding carboxylic acids is 1. The van der Waals surface area contributed by atoms with Gasteiger partial charge in [0.2, 0.25) is 5.91 Å². The number of hydrogen-bond donors (Lipinski definition) is 1. The average molecular weight is 447 g/mol. The number of benzene rings is 2. The van der Waals surface area contributed by atoms with Crippen molar-refractivity contribution in [1.29, 1.82) is 0 Å². The first kappa shape index (κ1) is 21.8. The smallest absolute Gasteiger partial charge is 0.271 e. The number of thioether (sulfide) groups is 1. The molecule has 0 spiro atoms. The maximum atomic E-state index is 12.9. The molecule has 0 aliphatic carbocycles. The van der Waals surface area contributed by atoms with Crippen molar-refractivity contribution in [3.8, 4) is 0 Å². The first-order chi connectivity index (χ1) is 14.4. The average Bonchev–Trinajstić information content (AvgIpc) is 2.73. The van der Waals surface area contributed by atoms with E-state index in [2.05, 4.69) is 10.3 Å². The molecule has 1 aromatic heterocycles. The van der Waals surface area contributed by atoms with E-state index in [1.165, 1.54) is 18.2 Å². The monoisotopic (exact) mass is 446 g/mol. The number of fused-ring (bicyclic) bond motifs is 1. The second-order valence-electron chi connectivity index (χ2n) is 6.48. The molecular formula is C20H19ClN4O4S. The highest BCUT2D eigenvalue weighted by Gasteiger charge is 2.15. The number of hydrogen-bond acceptors (Lipinski definition) is 6. The summed E-state index contributed by atoms with van der Waals surface area (Å²) in [6.45, 7) is 2.55. The van der Waals surface area contributed by atoms with Gasteiger partial charge < -0.3 is 5.32 Å². The summed E-state index contributed by atoms with van der Waals surface area (Å²) < 4.78 is 1.60. The van der Waals surface area contributed by atoms with Crippen molar-refractivity contribution in [3.05, 3.63) is 68.0 Å². The molecule has 0 aliphatic heterocycles. The maximum absolute atomic E-state index is 12.9. The number of aromatic nitrogens is 2. The van der Waals surface area contributed by atoms with Crippen molar-refractivity contribution >= 4 is 51.5 Å². The third-order valence-electron chi connectivity index (χ3n) is 4.33. The van der Waals surface area contributed by atoms with Gasteiger partial charge in [0.1, 0.15) is 0 Å². The van der Waals surface area contributed by atoms with Crippen molar-refractivity contribution in [3.63, 3.8) is 0 Å². The van der Waals surface area contributed by atoms with Gasteiger partial charge >= 0.3 is 0 Å². The van der Waals surface area contributed by atoms with Crippen LogP contribution in [0, 0.1) is 10.1 Å². The second kappa shape index (κ2) is 9.73. The number of rotatable bonds is 8. The lowest BCUT2D eigenvalue weighted by molar-refractivity contribution is -0.384. The van der Waals surface area contributed by atoms with E-state index in [-0.39, 0.29) is 33.6 Å². The van der Waals surface area contributed by atoms with Gasteiger partial charge in [0, 0.05) is 18.7 Å². The molecule has 3 rings (SSSR count). The van der Waals surface area contributed by atoms with Gasteiger partial charge in [-0.1, -0.05) is 48.8 Å². The van der Waals surface area contributed by atoms with Gasteiger partial charge in [-0.25, -0.2) is 4.98 Å². The first-order valence-electron chi connectivity index (χ1n) is 9.27. The molecule has 0 saturated heterocycles. The van der Waals surface area contributed by atoms with Crippen molar-refractivity contribution in [2.24, 2.45) is 0 Å². The zero-order valence-electron chi connectivity index (χ0n) is 16.1. The molecule has 0 fully saturated rings. The van der Waals surface area contributed by atoms with Crippen molar-refractivity contribution < 1.29 is 9.72 Å². The standard InChI is InChI=1S/C20H19ClN4O4S/c1-2-3-10-24-19(27)14-6-4-5-7-16(14)23-20(24)30-12-18(26)22-17-9-8-13(25(28)29)11-15(17)21/h4-9,11H,2-3,10,12H2,1H3,(H,22,26). The number of unbranched alkanes of at least 4 members (excludes halogenated alkanes) is 1. The Morgan fingerprint density at radius 1 is 1.30 bits per heavy atom. The summed E-state index contributed by atoms with van der Waals surface area (Å²) in [6, 6.07) is 10.9. The van der Waals surface area contributed by atoms with E-state index < -0.39 is 4.92 Å². The molecule has 1 heterocycles. The van der Waals surface area contributed by atoms with Gasteiger partial charge in [-0.05, 0) is 24.6 Å². The predicted octanol–water partition coefficient (Wildman–Crippen LogP) is 4.49. The van der Waals surface area contributed by atoms with Gasteiger partial charge in [-0.2, -0.15) is 0 Å². The Labute approximate surface area is 181 Å². The Hall–Kier alpha value is -2.91. The van der Waals surface area contributed by atoms with Crippen LogP contribution in [0.25, 0.3) is 10.9 Å². The Kier molecular flexibility index (Phi) is 7.07. The van der Waals surface area contributed by atoms with Crippen LogP contribution in [0.2, 0.25) is 5.02 Å². The van der Waals surface area contributed by atoms with Crippen LogP contribution in [0.15, 0.2) is 52.4 Å². The number of nitrogens with one attached hydrogen (secondary N) is 1. The molecule has 156 valence electrons. The van der Waals surface area contributed by atoms with E-state index in [0.717, 1.165) is 24.6 Å². The SMILES string of the molecule is CCCCn1c(SCC(=O)Nc2ccc([N+](=O)[O-])cc2Cl)nc2ccccc2c1=O. The van der Waals surface area contributed by atoms with E-state index in [1.54, 1.807) is 22.8 Å². The minimum absolute atomic E-state index is 0.00419. The number of nitro groups is 1. The van der Waals surface area contributed by atoms with Crippen molar-refractivity contribution in [1.82, 2.24) is 9.55 Å². The number of amides is 1. The summed E-state index contributed by atoms with van der Waals surface area (Å²) in [5, 5.41) is 14.5. The van der Waals surface area contributed by atoms with Gasteiger partial charge in [0.25, 0.3) is 11.2 Å². The molecule has 30 heavy (non-hydrogen) atoms. The molecule has 0 radical (unpaired) electrons. The number of carbonyl (C=O) groups is 1. The molecule has 1 N–H and O–H groups in total. The minimum Gasteiger partial charge on any atom is -0.324 e. The lowest BCUT2D eigenvalue weighted by Crippen LogP contribution is -2.24. The molecule has 0 bridgehead atoms. The Bertz CT molecular complexity index is 1170. The third-order valence-corrected chi connectivity index (χ3v) is 5.62. The lowest BCUT2D eigenvalue weighted by atomic mass is 10.2. The summed E-state index contributed by atoms with van der Waals surface area (Å²) in [5.41, 5.74) is 0.572. The number of para-hydroxylation sites is 1. The van der Waals surface area contributed by atoms with Crippen LogP contribution >= 0.6 is 23.4 Å². The van der Waals surface area contributed by atoms with Gasteiger partial charge in [0.05, 0.1) is 32.3 Å². The summed E-state index contributed by atoms with van der Waals surface area (Å²) in [6.07, 6.45) is 1.74. The number of halogens is 1. The second-order valence-corrected chi connectivity index (χ2v) is 7.83. The van der Waals surface area contributed by atoms with Crippen molar-refractivity contribution in [2.45, 2.75) is 31.5 Å². The van der Waals surface area contributed by atoms with Gasteiger partial charge in [0.15, 0.2) is 5.16 Å². The lowest BCUT2D eigenvalue weighted by Gasteiger charge is -2.13. The normalized spacial score (nSPS) is 10.9. The molecule has 1 amide bonds. The summed E-state index contributed by atoms with van der Waals surface area (Å²) in [7, 11) is 0. The first-order valence-corrected chi connectivity index (χ1v) is 10.6. The molecule has 0 aliphatic rings. The Morgan fingerprint density at radius 3 is 2.77 bits per heavy atom. The zero-order chi connectivity index (χ0) is 21.7. The van der Waals surface area contributed by atoms with Crippen molar-refractivity contribution in [2.75, 3.05) is 11.1 Å². The predicted molar refractivity (Wildman–Crippen MR) is 118 cm³/mol. The van der Waals surface area contributed by atoms with Gasteiger partial charge in [-0.15, -0.1) is 0 Å². The zero-order valence-corrected chi connectivity index (χ0v) is 17.7. The molecule has 8 nitrogen and oxygen atoms in total. The Morgan fingerprint density at radius 2 is 2.07 bits per heavy atom. The molecule has 2 aromatic carbocycles. The van der Waals surface area contributed by atoms with E-state index >= 15 is 0 Å². The number of anilines is 1. The van der Waals surface area contributed by atoms with Crippen LogP contribution in [-0.2, 0) is 11.3 Å². The summed E-state index contributed by atoms with van der Waals surface area (Å²) in [5.74, 6) is -0.357. The molecule has 10 heteroatoms. The molecule has 0 unspecified atom stereocenters. The third kappa shape index (κ3) is 4.98. The fourth-order valence-corrected chi connectivity index (χ4v) is 3.85. The largest absolute Gasteiger partial charge is 0.324 e. The van der Waals surface area contributed by atoms with E-state index in [4.69, 9.17) is 11.6 Å². The van der Waals surface area contributed by atoms with E-state index in [9.17, 15) is 19.7 Å². The Balaban J connectivity index is 1.78. The van der Waals surface area contributed by atoms with Crippen LogP contribution in [-0.4, -0.2) is 26.1 Å². The van der Waals surface area contributed by atoms with Crippen LogP contribution in [0.1, 0.15) is 19.8 Å². The fourth-order valence-electron chi connectivity index (χ4n) is 2.81. The van der Waals surface area contributed by atoms with E-state index in [0.29, 0.717) is 22.6 Å². The highest BCUT2D eigenvalue weighted by molar-refractivity contribution is 7.99. The summed E-state index contributed by atoms with van der Waals surface area (Å²) >= 11 is 7.18. The molecule has 0 atom stereocenters. The summed E-state index contributed by atoms with van der Waals surface area (Å²) in [4.78, 5) is 40.0. The van der Waals surface area contributed by atoms with Crippen LogP contribution < -0.4 is 10.9 Å². The quantitative estimate of drug-likeness (QED) is 0.236. The number of nitro benzene ring substituents is 1. The van der Waals surface area contributed by atoms with E-state index in [1.807, 2.05) is 13.0 Å².